The maximum absolute atomic E-state index is 13.1. The number of fused-ring (bicyclic) bond motifs is 6. The number of allylic oxidation sites excluding steroid dienone is 2. The highest BCUT2D eigenvalue weighted by molar-refractivity contribution is 8.01. The SMILES string of the molecule is COC(=O)c1ccc(NC(=O)CSc2nc3ccc(N4C(=O)[C@H]5[C@H](C4=O)[C@H]4C=C[C@H]5C4)cc3s2)cc1. The first-order valence-electron chi connectivity index (χ1n) is 11.5. The van der Waals surface area contributed by atoms with Gasteiger partial charge in [-0.05, 0) is 60.7 Å². The number of ether oxygens (including phenoxy) is 1. The summed E-state index contributed by atoms with van der Waals surface area (Å²) in [4.78, 5) is 56.1. The molecule has 0 spiro atoms. The van der Waals surface area contributed by atoms with Crippen LogP contribution in [0.1, 0.15) is 16.8 Å². The van der Waals surface area contributed by atoms with E-state index in [-0.39, 0.29) is 47.1 Å². The summed E-state index contributed by atoms with van der Waals surface area (Å²) < 4.78 is 6.24. The summed E-state index contributed by atoms with van der Waals surface area (Å²) in [6.45, 7) is 0. The van der Waals surface area contributed by atoms with Crippen LogP contribution < -0.4 is 10.2 Å². The van der Waals surface area contributed by atoms with Crippen molar-refractivity contribution < 1.29 is 23.9 Å². The Bertz CT molecular complexity index is 1420. The summed E-state index contributed by atoms with van der Waals surface area (Å²) in [5.41, 5.74) is 2.32. The molecule has 0 radical (unpaired) electrons. The van der Waals surface area contributed by atoms with Crippen molar-refractivity contribution in [3.63, 3.8) is 0 Å². The molecule has 3 aromatic rings. The lowest BCUT2D eigenvalue weighted by Gasteiger charge is -2.17. The number of hydrogen-bond donors (Lipinski definition) is 1. The van der Waals surface area contributed by atoms with Crippen molar-refractivity contribution >= 4 is 68.4 Å². The molecule has 6 rings (SSSR count). The van der Waals surface area contributed by atoms with Crippen molar-refractivity contribution in [3.05, 3.63) is 60.2 Å². The first-order chi connectivity index (χ1) is 17.4. The molecule has 182 valence electrons. The van der Waals surface area contributed by atoms with E-state index in [0.29, 0.717) is 16.9 Å². The van der Waals surface area contributed by atoms with E-state index < -0.39 is 5.97 Å². The Balaban J connectivity index is 1.12. The van der Waals surface area contributed by atoms with Gasteiger partial charge in [-0.15, -0.1) is 11.3 Å². The Morgan fingerprint density at radius 3 is 2.44 bits per heavy atom. The molecule has 3 amide bonds. The molecule has 10 heteroatoms. The van der Waals surface area contributed by atoms with Gasteiger partial charge in [0.15, 0.2) is 4.34 Å². The molecular weight excluding hydrogens is 498 g/mol. The Morgan fingerprint density at radius 2 is 1.78 bits per heavy atom. The number of nitrogens with zero attached hydrogens (tertiary/aromatic N) is 2. The van der Waals surface area contributed by atoms with E-state index in [0.717, 1.165) is 21.0 Å². The number of hydrogen-bond acceptors (Lipinski definition) is 8. The maximum atomic E-state index is 13.1. The fourth-order valence-electron chi connectivity index (χ4n) is 5.38. The third-order valence-corrected chi connectivity index (χ3v) is 9.16. The summed E-state index contributed by atoms with van der Waals surface area (Å²) >= 11 is 2.73. The standard InChI is InChI=1S/C26H21N3O5S2/c1-34-25(33)13-4-6-16(7-5-13)27-20(30)12-35-26-28-18-9-8-17(11-19(18)36-26)29-23(31)21-14-2-3-15(10-14)22(21)24(29)32/h2-9,11,14-15,21-22H,10,12H2,1H3,(H,27,30)/t14-,15-,21+,22+/m0/s1. The lowest BCUT2D eigenvalue weighted by molar-refractivity contribution is -0.123. The van der Waals surface area contributed by atoms with Gasteiger partial charge in [-0.3, -0.25) is 14.4 Å². The quantitative estimate of drug-likeness (QED) is 0.226. The number of amides is 3. The number of carbonyl (C=O) groups is 4. The minimum Gasteiger partial charge on any atom is -0.465 e. The second kappa shape index (κ2) is 8.86. The fourth-order valence-corrected chi connectivity index (χ4v) is 7.28. The van der Waals surface area contributed by atoms with Gasteiger partial charge in [0.1, 0.15) is 0 Å². The smallest absolute Gasteiger partial charge is 0.337 e. The highest BCUT2D eigenvalue weighted by Gasteiger charge is 2.59. The lowest BCUT2D eigenvalue weighted by Crippen LogP contribution is -2.32. The van der Waals surface area contributed by atoms with Crippen LogP contribution in [-0.2, 0) is 19.1 Å². The average molecular weight is 520 g/mol. The molecule has 2 heterocycles. The van der Waals surface area contributed by atoms with Crippen LogP contribution in [0.2, 0.25) is 0 Å². The third-order valence-electron chi connectivity index (χ3n) is 7.00. The van der Waals surface area contributed by atoms with Crippen molar-refractivity contribution in [1.29, 1.82) is 0 Å². The Labute approximate surface area is 214 Å². The highest BCUT2D eigenvalue weighted by Crippen LogP contribution is 2.53. The van der Waals surface area contributed by atoms with Gasteiger partial charge in [0.25, 0.3) is 0 Å². The van der Waals surface area contributed by atoms with E-state index >= 15 is 0 Å². The van der Waals surface area contributed by atoms with E-state index in [4.69, 9.17) is 0 Å². The lowest BCUT2D eigenvalue weighted by atomic mass is 9.85. The van der Waals surface area contributed by atoms with E-state index in [2.05, 4.69) is 27.2 Å². The van der Waals surface area contributed by atoms with Gasteiger partial charge in [-0.25, -0.2) is 14.7 Å². The molecule has 4 atom stereocenters. The van der Waals surface area contributed by atoms with Gasteiger partial charge in [0, 0.05) is 5.69 Å². The largest absolute Gasteiger partial charge is 0.465 e. The second-order valence-electron chi connectivity index (χ2n) is 9.05. The van der Waals surface area contributed by atoms with Gasteiger partial charge in [0.2, 0.25) is 17.7 Å². The van der Waals surface area contributed by atoms with Crippen molar-refractivity contribution in [1.82, 2.24) is 4.98 Å². The molecule has 2 fully saturated rings. The molecule has 1 saturated heterocycles. The fraction of sp³-hybridized carbons (Fsp3) is 0.269. The molecule has 3 aliphatic rings. The molecule has 2 aromatic carbocycles. The highest BCUT2D eigenvalue weighted by atomic mass is 32.2. The molecule has 1 saturated carbocycles. The van der Waals surface area contributed by atoms with Gasteiger partial charge >= 0.3 is 5.97 Å². The normalized spacial score (nSPS) is 24.0. The van der Waals surface area contributed by atoms with Gasteiger partial charge < -0.3 is 10.1 Å². The molecule has 0 unspecified atom stereocenters. The second-order valence-corrected chi connectivity index (χ2v) is 11.3. The van der Waals surface area contributed by atoms with Crippen LogP contribution in [-0.4, -0.2) is 41.5 Å². The van der Waals surface area contributed by atoms with Crippen molar-refractivity contribution in [2.45, 2.75) is 10.8 Å². The summed E-state index contributed by atoms with van der Waals surface area (Å²) in [6, 6.07) is 11.9. The number of anilines is 2. The topological polar surface area (TPSA) is 106 Å². The van der Waals surface area contributed by atoms with Crippen LogP contribution >= 0.6 is 23.1 Å². The van der Waals surface area contributed by atoms with Crippen LogP contribution in [0.25, 0.3) is 10.2 Å². The number of nitrogens with one attached hydrogen (secondary N) is 1. The van der Waals surface area contributed by atoms with E-state index in [1.165, 1.54) is 35.1 Å². The predicted octanol–water partition coefficient (Wildman–Crippen LogP) is 4.13. The van der Waals surface area contributed by atoms with E-state index in [9.17, 15) is 19.2 Å². The molecule has 2 bridgehead atoms. The molecule has 8 nitrogen and oxygen atoms in total. The van der Waals surface area contributed by atoms with Crippen LogP contribution in [0.4, 0.5) is 11.4 Å². The van der Waals surface area contributed by atoms with Gasteiger partial charge in [-0.2, -0.15) is 0 Å². The number of methoxy groups -OCH3 is 1. The molecule has 36 heavy (non-hydrogen) atoms. The van der Waals surface area contributed by atoms with Crippen LogP contribution in [0.5, 0.6) is 0 Å². The number of rotatable bonds is 6. The minimum absolute atomic E-state index is 0.100. The molecule has 1 aliphatic heterocycles. The summed E-state index contributed by atoms with van der Waals surface area (Å²) in [5.74, 6) is -0.790. The first-order valence-corrected chi connectivity index (χ1v) is 13.3. The number of thioether (sulfide) groups is 1. The molecule has 1 aromatic heterocycles. The van der Waals surface area contributed by atoms with Crippen LogP contribution in [0, 0.1) is 23.7 Å². The summed E-state index contributed by atoms with van der Waals surface area (Å²) in [5, 5.41) is 2.80. The third kappa shape index (κ3) is 3.81. The number of thiazole rings is 1. The Kier molecular flexibility index (Phi) is 5.65. The Hall–Kier alpha value is -3.50. The van der Waals surface area contributed by atoms with Crippen molar-refractivity contribution in [3.8, 4) is 0 Å². The van der Waals surface area contributed by atoms with Crippen molar-refractivity contribution in [2.75, 3.05) is 23.1 Å². The van der Waals surface area contributed by atoms with Crippen molar-refractivity contribution in [2.24, 2.45) is 23.7 Å². The zero-order valence-electron chi connectivity index (χ0n) is 19.2. The monoisotopic (exact) mass is 519 g/mol. The number of esters is 1. The zero-order chi connectivity index (χ0) is 25.0. The van der Waals surface area contributed by atoms with Gasteiger partial charge in [0.05, 0.1) is 46.2 Å². The Morgan fingerprint density at radius 1 is 1.08 bits per heavy atom. The molecule has 2 aliphatic carbocycles. The van der Waals surface area contributed by atoms with E-state index in [1.54, 1.807) is 30.3 Å². The van der Waals surface area contributed by atoms with Crippen LogP contribution in [0.3, 0.4) is 0 Å². The van der Waals surface area contributed by atoms with E-state index in [1.807, 2.05) is 12.1 Å². The number of aromatic nitrogens is 1. The van der Waals surface area contributed by atoms with Gasteiger partial charge in [-0.1, -0.05) is 23.9 Å². The number of carbonyl (C=O) groups excluding carboxylic acids is 4. The zero-order valence-corrected chi connectivity index (χ0v) is 20.8. The number of benzene rings is 2. The maximum Gasteiger partial charge on any atom is 0.337 e. The number of imide groups is 1. The minimum atomic E-state index is -0.437. The summed E-state index contributed by atoms with van der Waals surface area (Å²) in [6.07, 6.45) is 5.08. The molecular formula is C26H21N3O5S2. The van der Waals surface area contributed by atoms with Crippen LogP contribution in [0.15, 0.2) is 59.0 Å². The average Bonchev–Trinajstić information content (AvgIpc) is 3.65. The summed E-state index contributed by atoms with van der Waals surface area (Å²) in [7, 11) is 1.31. The molecule has 1 N–H and O–H groups in total. The first kappa shape index (κ1) is 22.9. The predicted molar refractivity (Wildman–Crippen MR) is 137 cm³/mol.